The van der Waals surface area contributed by atoms with Crippen molar-refractivity contribution in [3.8, 4) is 5.75 Å². The lowest BCUT2D eigenvalue weighted by atomic mass is 10.1. The van der Waals surface area contributed by atoms with E-state index in [2.05, 4.69) is 5.32 Å². The van der Waals surface area contributed by atoms with Gasteiger partial charge in [-0.3, -0.25) is 4.79 Å². The molecule has 0 aromatic heterocycles. The van der Waals surface area contributed by atoms with Gasteiger partial charge in [0.25, 0.3) is 5.91 Å². The molecule has 0 spiro atoms. The molecule has 0 aliphatic carbocycles. The lowest BCUT2D eigenvalue weighted by Crippen LogP contribution is -2.30. The maximum Gasteiger partial charge on any atom is 0.416 e. The number of hydrogen-bond acceptors (Lipinski definition) is 4. The minimum atomic E-state index is -4.56. The molecule has 27 heavy (non-hydrogen) atoms. The molecule has 0 fully saturated rings. The zero-order valence-electron chi connectivity index (χ0n) is 14.5. The van der Waals surface area contributed by atoms with E-state index in [1.54, 1.807) is 19.2 Å². The van der Waals surface area contributed by atoms with Gasteiger partial charge in [0.1, 0.15) is 5.75 Å². The number of nitrogens with one attached hydrogen (secondary N) is 1. The first-order valence-corrected chi connectivity index (χ1v) is 8.03. The minimum absolute atomic E-state index is 0.268. The molecule has 0 saturated heterocycles. The van der Waals surface area contributed by atoms with E-state index in [4.69, 9.17) is 9.47 Å². The van der Waals surface area contributed by atoms with Gasteiger partial charge in [0, 0.05) is 6.54 Å². The molecule has 2 rings (SSSR count). The van der Waals surface area contributed by atoms with Gasteiger partial charge < -0.3 is 14.8 Å². The summed E-state index contributed by atoms with van der Waals surface area (Å²) in [5, 5.41) is 2.57. The smallest absolute Gasteiger partial charge is 0.416 e. The third-order valence-corrected chi connectivity index (χ3v) is 3.65. The van der Waals surface area contributed by atoms with Crippen LogP contribution in [0, 0.1) is 0 Å². The van der Waals surface area contributed by atoms with Gasteiger partial charge in [0.2, 0.25) is 0 Å². The fraction of sp³-hybridized carbons (Fsp3) is 0.263. The Kier molecular flexibility index (Phi) is 6.81. The predicted octanol–water partition coefficient (Wildman–Crippen LogP) is 3.23. The van der Waals surface area contributed by atoms with E-state index in [9.17, 15) is 22.8 Å². The van der Waals surface area contributed by atoms with Crippen LogP contribution >= 0.6 is 0 Å². The molecule has 0 saturated carbocycles. The third kappa shape index (κ3) is 6.32. The number of amides is 1. The summed E-state index contributed by atoms with van der Waals surface area (Å²) in [5.41, 5.74) is -0.242. The highest BCUT2D eigenvalue weighted by Gasteiger charge is 2.31. The maximum absolute atomic E-state index is 12.6. The average molecular weight is 381 g/mol. The Morgan fingerprint density at radius 1 is 1.07 bits per heavy atom. The summed E-state index contributed by atoms with van der Waals surface area (Å²) < 4.78 is 47.7. The standard InChI is InChI=1S/C19H18F3NO4/c1-26-16-7-5-13(6-8-16)9-10-23-17(24)12-27-18(25)14-3-2-4-15(11-14)19(20,21)22/h2-8,11H,9-10,12H2,1H3,(H,23,24). The molecule has 0 heterocycles. The number of carbonyl (C=O) groups excluding carboxylic acids is 2. The van der Waals surface area contributed by atoms with E-state index >= 15 is 0 Å². The molecule has 1 amide bonds. The quantitative estimate of drug-likeness (QED) is 0.748. The summed E-state index contributed by atoms with van der Waals surface area (Å²) in [6.45, 7) is -0.246. The van der Waals surface area contributed by atoms with Crippen molar-refractivity contribution < 1.29 is 32.2 Å². The van der Waals surface area contributed by atoms with E-state index in [0.717, 1.165) is 23.4 Å². The Labute approximate surface area is 154 Å². The molecule has 0 atom stereocenters. The molecular formula is C19H18F3NO4. The summed E-state index contributed by atoms with van der Waals surface area (Å²) in [6.07, 6.45) is -3.99. The molecule has 0 aliphatic rings. The highest BCUT2D eigenvalue weighted by atomic mass is 19.4. The van der Waals surface area contributed by atoms with Crippen LogP contribution in [-0.2, 0) is 22.1 Å². The number of hydrogen-bond donors (Lipinski definition) is 1. The molecule has 1 N–H and O–H groups in total. The van der Waals surface area contributed by atoms with Crippen molar-refractivity contribution in [2.24, 2.45) is 0 Å². The van der Waals surface area contributed by atoms with Crippen LogP contribution in [0.15, 0.2) is 48.5 Å². The second kappa shape index (κ2) is 9.07. The van der Waals surface area contributed by atoms with Gasteiger partial charge in [-0.15, -0.1) is 0 Å². The second-order valence-electron chi connectivity index (χ2n) is 5.60. The van der Waals surface area contributed by atoms with Crippen molar-refractivity contribution in [3.63, 3.8) is 0 Å². The molecule has 0 unspecified atom stereocenters. The Morgan fingerprint density at radius 3 is 2.41 bits per heavy atom. The first kappa shape index (κ1) is 20.3. The zero-order valence-corrected chi connectivity index (χ0v) is 14.5. The summed E-state index contributed by atoms with van der Waals surface area (Å²) in [6, 6.07) is 11.2. The normalized spacial score (nSPS) is 11.0. The molecule has 2 aromatic rings. The Hall–Kier alpha value is -3.03. The highest BCUT2D eigenvalue weighted by molar-refractivity contribution is 5.91. The monoisotopic (exact) mass is 381 g/mol. The van der Waals surface area contributed by atoms with Gasteiger partial charge in [-0.2, -0.15) is 13.2 Å². The first-order valence-electron chi connectivity index (χ1n) is 8.03. The average Bonchev–Trinajstić information content (AvgIpc) is 2.66. The summed E-state index contributed by atoms with van der Waals surface area (Å²) in [7, 11) is 1.57. The minimum Gasteiger partial charge on any atom is -0.497 e. The van der Waals surface area contributed by atoms with Crippen LogP contribution in [0.25, 0.3) is 0 Å². The summed E-state index contributed by atoms with van der Waals surface area (Å²) >= 11 is 0. The first-order chi connectivity index (χ1) is 12.8. The molecule has 144 valence electrons. The van der Waals surface area contributed by atoms with Crippen molar-refractivity contribution in [1.29, 1.82) is 0 Å². The fourth-order valence-electron chi connectivity index (χ4n) is 2.23. The number of halogens is 3. The van der Waals surface area contributed by atoms with Crippen LogP contribution < -0.4 is 10.1 Å². The van der Waals surface area contributed by atoms with Crippen molar-refractivity contribution in [3.05, 3.63) is 65.2 Å². The molecule has 0 radical (unpaired) electrons. The number of esters is 1. The van der Waals surface area contributed by atoms with E-state index < -0.39 is 30.2 Å². The van der Waals surface area contributed by atoms with Crippen LogP contribution in [0.2, 0.25) is 0 Å². The van der Waals surface area contributed by atoms with Gasteiger partial charge in [0.15, 0.2) is 6.61 Å². The van der Waals surface area contributed by atoms with E-state index in [-0.39, 0.29) is 5.56 Å². The number of alkyl halides is 3. The van der Waals surface area contributed by atoms with Crippen molar-refractivity contribution in [1.82, 2.24) is 5.32 Å². The van der Waals surface area contributed by atoms with E-state index in [0.29, 0.717) is 19.0 Å². The highest BCUT2D eigenvalue weighted by Crippen LogP contribution is 2.29. The fourth-order valence-corrected chi connectivity index (χ4v) is 2.23. The van der Waals surface area contributed by atoms with Crippen LogP contribution in [0.4, 0.5) is 13.2 Å². The number of ether oxygens (including phenoxy) is 2. The topological polar surface area (TPSA) is 64.6 Å². The predicted molar refractivity (Wildman–Crippen MR) is 91.4 cm³/mol. The van der Waals surface area contributed by atoms with Crippen LogP contribution in [0.5, 0.6) is 5.75 Å². The molecule has 0 bridgehead atoms. The number of methoxy groups -OCH3 is 1. The SMILES string of the molecule is COc1ccc(CCNC(=O)COC(=O)c2cccc(C(F)(F)F)c2)cc1. The largest absolute Gasteiger partial charge is 0.497 e. The number of rotatable bonds is 7. The third-order valence-electron chi connectivity index (χ3n) is 3.65. The van der Waals surface area contributed by atoms with Gasteiger partial charge in [0.05, 0.1) is 18.2 Å². The Morgan fingerprint density at radius 2 is 1.78 bits per heavy atom. The Balaban J connectivity index is 1.77. The maximum atomic E-state index is 12.6. The van der Waals surface area contributed by atoms with Crippen LogP contribution in [-0.4, -0.2) is 32.1 Å². The second-order valence-corrected chi connectivity index (χ2v) is 5.60. The lowest BCUT2D eigenvalue weighted by Gasteiger charge is -2.09. The van der Waals surface area contributed by atoms with Gasteiger partial charge >= 0.3 is 12.1 Å². The number of benzene rings is 2. The van der Waals surface area contributed by atoms with Crippen molar-refractivity contribution >= 4 is 11.9 Å². The molecule has 0 aliphatic heterocycles. The van der Waals surface area contributed by atoms with Crippen LogP contribution in [0.3, 0.4) is 0 Å². The van der Waals surface area contributed by atoms with E-state index in [1.807, 2.05) is 12.1 Å². The molecule has 2 aromatic carbocycles. The Bertz CT molecular complexity index is 788. The summed E-state index contributed by atoms with van der Waals surface area (Å²) in [4.78, 5) is 23.5. The van der Waals surface area contributed by atoms with Crippen molar-refractivity contribution in [2.45, 2.75) is 12.6 Å². The van der Waals surface area contributed by atoms with E-state index in [1.165, 1.54) is 6.07 Å². The van der Waals surface area contributed by atoms with Crippen LogP contribution in [0.1, 0.15) is 21.5 Å². The lowest BCUT2D eigenvalue weighted by molar-refractivity contribution is -0.137. The zero-order chi connectivity index (χ0) is 19.9. The summed E-state index contributed by atoms with van der Waals surface area (Å²) in [5.74, 6) is -0.806. The molecular weight excluding hydrogens is 363 g/mol. The number of carbonyl (C=O) groups is 2. The molecule has 8 heteroatoms. The van der Waals surface area contributed by atoms with Gasteiger partial charge in [-0.1, -0.05) is 18.2 Å². The molecule has 5 nitrogen and oxygen atoms in total. The van der Waals surface area contributed by atoms with Gasteiger partial charge in [-0.05, 0) is 42.3 Å². The van der Waals surface area contributed by atoms with Crippen molar-refractivity contribution in [2.75, 3.05) is 20.3 Å². The van der Waals surface area contributed by atoms with Gasteiger partial charge in [-0.25, -0.2) is 4.79 Å².